The summed E-state index contributed by atoms with van der Waals surface area (Å²) in [7, 11) is -3.89. The molecule has 0 aromatic carbocycles. The van der Waals surface area contributed by atoms with Crippen LogP contribution in [0.3, 0.4) is 0 Å². The van der Waals surface area contributed by atoms with Crippen molar-refractivity contribution in [3.63, 3.8) is 0 Å². The molecule has 0 aliphatic heterocycles. The van der Waals surface area contributed by atoms with Gasteiger partial charge < -0.3 is 0 Å². The van der Waals surface area contributed by atoms with E-state index in [2.05, 4.69) is 10.2 Å². The van der Waals surface area contributed by atoms with Gasteiger partial charge in [0, 0.05) is 12.3 Å². The van der Waals surface area contributed by atoms with Crippen LogP contribution in [-0.4, -0.2) is 28.9 Å². The van der Waals surface area contributed by atoms with Crippen molar-refractivity contribution >= 4 is 21.5 Å². The van der Waals surface area contributed by atoms with Crippen LogP contribution in [0.15, 0.2) is 0 Å². The average Bonchev–Trinajstić information content (AvgIpc) is 2.45. The fourth-order valence-electron chi connectivity index (χ4n) is 1.40. The largest absolute Gasteiger partial charge is 0.286 e. The molecule has 0 atom stereocenters. The lowest BCUT2D eigenvalue weighted by Gasteiger charge is -2.21. The topological polar surface area (TPSA) is 80.2 Å². The summed E-state index contributed by atoms with van der Waals surface area (Å²) in [5, 5.41) is 9.64. The molecular formula is C8H12N2O3S2. The first kappa shape index (κ1) is 11.0. The van der Waals surface area contributed by atoms with Crippen LogP contribution >= 0.6 is 11.3 Å². The first-order chi connectivity index (χ1) is 7.04. The third kappa shape index (κ3) is 2.96. The number of aryl methyl sites for hydroxylation is 1. The molecule has 0 radical (unpaired) electrons. The fourth-order valence-corrected chi connectivity index (χ4v) is 3.00. The molecule has 0 amide bonds. The molecule has 0 saturated heterocycles. The number of hydrogen-bond donors (Lipinski definition) is 1. The van der Waals surface area contributed by atoms with Crippen molar-refractivity contribution in [1.82, 2.24) is 10.2 Å². The molecule has 15 heavy (non-hydrogen) atoms. The first-order valence-corrected chi connectivity index (χ1v) is 7.24. The Balaban J connectivity index is 1.95. The Morgan fingerprint density at radius 2 is 2.13 bits per heavy atom. The summed E-state index contributed by atoms with van der Waals surface area (Å²) in [5.74, 6) is 0.258. The summed E-state index contributed by atoms with van der Waals surface area (Å²) in [6.45, 7) is 0. The van der Waals surface area contributed by atoms with Crippen LogP contribution in [0.25, 0.3) is 0 Å². The molecule has 2 rings (SSSR count). The maximum absolute atomic E-state index is 10.5. The van der Waals surface area contributed by atoms with Crippen molar-refractivity contribution in [2.75, 3.05) is 5.75 Å². The van der Waals surface area contributed by atoms with Gasteiger partial charge in [-0.3, -0.25) is 4.55 Å². The Morgan fingerprint density at radius 1 is 1.40 bits per heavy atom. The molecule has 0 bridgehead atoms. The van der Waals surface area contributed by atoms with Crippen LogP contribution in [0.4, 0.5) is 0 Å². The fraction of sp³-hybridized carbons (Fsp3) is 0.750. The van der Waals surface area contributed by atoms with Gasteiger partial charge in [0.25, 0.3) is 10.1 Å². The molecule has 1 saturated carbocycles. The molecule has 7 heteroatoms. The zero-order valence-electron chi connectivity index (χ0n) is 8.09. The van der Waals surface area contributed by atoms with Crippen molar-refractivity contribution in [1.29, 1.82) is 0 Å². The number of hydrogen-bond acceptors (Lipinski definition) is 5. The van der Waals surface area contributed by atoms with Gasteiger partial charge in [-0.2, -0.15) is 8.42 Å². The molecule has 0 unspecified atom stereocenters. The highest BCUT2D eigenvalue weighted by Crippen LogP contribution is 2.37. The summed E-state index contributed by atoms with van der Waals surface area (Å²) >= 11 is 1.46. The zero-order chi connectivity index (χ0) is 10.9. The van der Waals surface area contributed by atoms with Crippen molar-refractivity contribution in [2.45, 2.75) is 31.6 Å². The minimum absolute atomic E-state index is 0.253. The summed E-state index contributed by atoms with van der Waals surface area (Å²) in [4.78, 5) is 0. The van der Waals surface area contributed by atoms with Crippen LogP contribution < -0.4 is 0 Å². The second-order valence-corrected chi connectivity index (χ2v) is 6.36. The lowest BCUT2D eigenvalue weighted by Crippen LogP contribution is -2.07. The molecule has 1 aliphatic carbocycles. The van der Waals surface area contributed by atoms with Gasteiger partial charge in [0.2, 0.25) is 0 Å². The van der Waals surface area contributed by atoms with Crippen molar-refractivity contribution < 1.29 is 13.0 Å². The number of nitrogens with zero attached hydrogens (tertiary/aromatic N) is 2. The van der Waals surface area contributed by atoms with Crippen molar-refractivity contribution in [2.24, 2.45) is 0 Å². The normalized spacial score (nSPS) is 17.7. The Bertz CT molecular complexity index is 436. The van der Waals surface area contributed by atoms with Gasteiger partial charge in [-0.05, 0) is 12.8 Å². The molecule has 1 aromatic rings. The lowest BCUT2D eigenvalue weighted by molar-refractivity contribution is 0.416. The predicted molar refractivity (Wildman–Crippen MR) is 56.6 cm³/mol. The Kier molecular flexibility index (Phi) is 3.03. The Hall–Kier alpha value is -0.530. The van der Waals surface area contributed by atoms with Crippen LogP contribution in [0, 0.1) is 0 Å². The van der Waals surface area contributed by atoms with Gasteiger partial charge in [0.1, 0.15) is 10.0 Å². The third-order valence-corrected chi connectivity index (χ3v) is 4.38. The van der Waals surface area contributed by atoms with E-state index in [1.807, 2.05) is 0 Å². The molecule has 0 spiro atoms. The molecule has 84 valence electrons. The lowest BCUT2D eigenvalue weighted by atomic mass is 9.86. The summed E-state index contributed by atoms with van der Waals surface area (Å²) in [5.41, 5.74) is 0. The molecular weight excluding hydrogens is 236 g/mol. The predicted octanol–water partition coefficient (Wildman–Crippen LogP) is 1.24. The molecule has 5 nitrogen and oxygen atoms in total. The van der Waals surface area contributed by atoms with Gasteiger partial charge in [-0.25, -0.2) is 0 Å². The standard InChI is InChI=1S/C8H12N2O3S2/c11-15(12,13)5-4-7-9-10-8(14-7)6-2-1-3-6/h6H,1-5H2,(H,11,12,13). The SMILES string of the molecule is O=S(=O)(O)CCc1nnc(C2CCC2)s1. The monoisotopic (exact) mass is 248 g/mol. The Labute approximate surface area is 92.3 Å². The molecule has 1 heterocycles. The smallest absolute Gasteiger partial charge is 0.265 e. The Morgan fingerprint density at radius 3 is 2.67 bits per heavy atom. The van der Waals surface area contributed by atoms with E-state index in [0.717, 1.165) is 17.8 Å². The minimum Gasteiger partial charge on any atom is -0.286 e. The van der Waals surface area contributed by atoms with Gasteiger partial charge in [0.05, 0.1) is 5.75 Å². The van der Waals surface area contributed by atoms with Crippen molar-refractivity contribution in [3.8, 4) is 0 Å². The summed E-state index contributed by atoms with van der Waals surface area (Å²) < 4.78 is 29.6. The average molecular weight is 248 g/mol. The van der Waals surface area contributed by atoms with Gasteiger partial charge in [0.15, 0.2) is 0 Å². The maximum Gasteiger partial charge on any atom is 0.265 e. The zero-order valence-corrected chi connectivity index (χ0v) is 9.72. The van der Waals surface area contributed by atoms with Crippen LogP contribution in [0.2, 0.25) is 0 Å². The molecule has 1 aliphatic rings. The van der Waals surface area contributed by atoms with Gasteiger partial charge in [-0.15, -0.1) is 21.5 Å². The second-order valence-electron chi connectivity index (χ2n) is 3.70. The number of rotatable bonds is 4. The van der Waals surface area contributed by atoms with Crippen molar-refractivity contribution in [3.05, 3.63) is 10.0 Å². The number of aromatic nitrogens is 2. The first-order valence-electron chi connectivity index (χ1n) is 4.82. The summed E-state index contributed by atoms with van der Waals surface area (Å²) in [6, 6.07) is 0. The van der Waals surface area contributed by atoms with E-state index in [9.17, 15) is 8.42 Å². The molecule has 1 N–H and O–H groups in total. The van der Waals surface area contributed by atoms with E-state index in [4.69, 9.17) is 4.55 Å². The van der Waals surface area contributed by atoms with E-state index < -0.39 is 10.1 Å². The van der Waals surface area contributed by atoms with Crippen LogP contribution in [0.1, 0.15) is 35.2 Å². The highest BCUT2D eigenvalue weighted by atomic mass is 32.2. The second kappa shape index (κ2) is 4.15. The van der Waals surface area contributed by atoms with E-state index in [-0.39, 0.29) is 12.2 Å². The molecule has 1 aromatic heterocycles. The quantitative estimate of drug-likeness (QED) is 0.811. The van der Waals surface area contributed by atoms with Gasteiger partial charge >= 0.3 is 0 Å². The maximum atomic E-state index is 10.5. The van der Waals surface area contributed by atoms with Crippen LogP contribution in [0.5, 0.6) is 0 Å². The highest BCUT2D eigenvalue weighted by Gasteiger charge is 2.23. The van der Waals surface area contributed by atoms with E-state index in [1.54, 1.807) is 0 Å². The van der Waals surface area contributed by atoms with E-state index in [1.165, 1.54) is 17.8 Å². The van der Waals surface area contributed by atoms with E-state index in [0.29, 0.717) is 10.9 Å². The summed E-state index contributed by atoms with van der Waals surface area (Å²) in [6.07, 6.45) is 3.81. The minimum atomic E-state index is -3.89. The van der Waals surface area contributed by atoms with E-state index >= 15 is 0 Å². The molecule has 1 fully saturated rings. The van der Waals surface area contributed by atoms with Gasteiger partial charge in [-0.1, -0.05) is 6.42 Å². The third-order valence-electron chi connectivity index (χ3n) is 2.51. The van der Waals surface area contributed by atoms with Crippen LogP contribution in [-0.2, 0) is 16.5 Å². The highest BCUT2D eigenvalue weighted by molar-refractivity contribution is 7.85.